The first-order valence-electron chi connectivity index (χ1n) is 21.9. The Morgan fingerprint density at radius 2 is 0.810 bits per heavy atom. The maximum atomic E-state index is 2.39. The summed E-state index contributed by atoms with van der Waals surface area (Å²) in [5, 5.41) is 7.42. The van der Waals surface area contributed by atoms with Gasteiger partial charge in [0.05, 0.1) is 0 Å². The van der Waals surface area contributed by atoms with Gasteiger partial charge in [0.15, 0.2) is 0 Å². The molecular weight excluding hydrogens is 759 g/mol. The van der Waals surface area contributed by atoms with Crippen LogP contribution in [0.2, 0.25) is 0 Å². The van der Waals surface area contributed by atoms with Gasteiger partial charge in [-0.15, -0.1) is 0 Å². The van der Waals surface area contributed by atoms with Gasteiger partial charge in [0.2, 0.25) is 0 Å². The smallest absolute Gasteiger partial charge is 0.0468 e. The Hall–Kier alpha value is -8.00. The van der Waals surface area contributed by atoms with Gasteiger partial charge in [0, 0.05) is 22.5 Å². The van der Waals surface area contributed by atoms with E-state index in [1.807, 2.05) is 0 Å². The molecule has 11 aromatic carbocycles. The van der Waals surface area contributed by atoms with E-state index in [9.17, 15) is 0 Å². The van der Waals surface area contributed by atoms with Crippen molar-refractivity contribution in [1.29, 1.82) is 0 Å². The lowest BCUT2D eigenvalue weighted by atomic mass is 9.74. The van der Waals surface area contributed by atoms with Crippen LogP contribution >= 0.6 is 0 Å². The Kier molecular flexibility index (Phi) is 8.69. The summed E-state index contributed by atoms with van der Waals surface area (Å²) in [6.07, 6.45) is 0. The van der Waals surface area contributed by atoms with Gasteiger partial charge in [-0.2, -0.15) is 0 Å². The maximum Gasteiger partial charge on any atom is 0.0468 e. The van der Waals surface area contributed by atoms with E-state index in [0.29, 0.717) is 0 Å². The summed E-state index contributed by atoms with van der Waals surface area (Å²) in [6, 6.07) is 89.3. The fourth-order valence-corrected chi connectivity index (χ4v) is 10.3. The predicted octanol–water partition coefficient (Wildman–Crippen LogP) is 17.0. The molecule has 0 bridgehead atoms. The maximum absolute atomic E-state index is 2.39. The van der Waals surface area contributed by atoms with Crippen LogP contribution in [0.1, 0.15) is 23.6 Å². The number of nitrogens with zero attached hydrogens (tertiary/aromatic N) is 1. The highest BCUT2D eigenvalue weighted by atomic mass is 15.1. The normalized spacial score (nSPS) is 14.2. The average molecular weight is 802 g/mol. The van der Waals surface area contributed by atoms with E-state index in [2.05, 4.69) is 254 Å². The van der Waals surface area contributed by atoms with Crippen LogP contribution in [0.15, 0.2) is 243 Å². The molecule has 0 amide bonds. The van der Waals surface area contributed by atoms with Crippen molar-refractivity contribution in [2.75, 3.05) is 4.90 Å². The van der Waals surface area contributed by atoms with E-state index in [4.69, 9.17) is 0 Å². The highest BCUT2D eigenvalue weighted by Gasteiger charge is 2.41. The van der Waals surface area contributed by atoms with Crippen LogP contribution in [0.5, 0.6) is 0 Å². The molecule has 0 spiro atoms. The van der Waals surface area contributed by atoms with Crippen molar-refractivity contribution in [3.63, 3.8) is 0 Å². The zero-order valence-corrected chi connectivity index (χ0v) is 35.0. The highest BCUT2D eigenvalue weighted by Crippen LogP contribution is 2.55. The minimum atomic E-state index is -0.237. The standard InChI is InChI=1S/C62H43N/c1-62(51-17-3-2-4-18-51)59-23-10-9-20-58(59)61-57(22-12-24-60(61)62)50-28-27-49-41-54(38-33-48(49)40-50)63(52-34-29-43(30-35-52)47-26-25-42-13-5-6-15-46(42)39-47)53-36-31-45(32-37-53)56-21-11-16-44-14-7-8-19-55(44)56/h2-41H,1H3. The van der Waals surface area contributed by atoms with E-state index >= 15 is 0 Å². The van der Waals surface area contributed by atoms with Crippen LogP contribution in [0.3, 0.4) is 0 Å². The molecule has 0 heterocycles. The van der Waals surface area contributed by atoms with Crippen molar-refractivity contribution in [3.8, 4) is 44.5 Å². The second kappa shape index (κ2) is 14.9. The number of anilines is 3. The number of benzene rings is 11. The molecule has 0 N–H and O–H groups in total. The summed E-state index contributed by atoms with van der Waals surface area (Å²) >= 11 is 0. The molecule has 1 aliphatic rings. The van der Waals surface area contributed by atoms with E-state index < -0.39 is 0 Å². The summed E-state index contributed by atoms with van der Waals surface area (Å²) in [5.41, 5.74) is 17.1. The summed E-state index contributed by atoms with van der Waals surface area (Å²) in [5.74, 6) is 0. The van der Waals surface area contributed by atoms with Crippen molar-refractivity contribution in [3.05, 3.63) is 259 Å². The molecule has 63 heavy (non-hydrogen) atoms. The van der Waals surface area contributed by atoms with Crippen molar-refractivity contribution < 1.29 is 0 Å². The lowest BCUT2D eigenvalue weighted by Gasteiger charge is -2.28. The molecule has 0 aromatic heterocycles. The topological polar surface area (TPSA) is 3.24 Å². The van der Waals surface area contributed by atoms with E-state index in [1.165, 1.54) is 93.5 Å². The molecular formula is C62H43N. The van der Waals surface area contributed by atoms with Gasteiger partial charge < -0.3 is 4.90 Å². The summed E-state index contributed by atoms with van der Waals surface area (Å²) in [4.78, 5) is 2.38. The summed E-state index contributed by atoms with van der Waals surface area (Å²) in [7, 11) is 0. The fraction of sp³-hybridized carbons (Fsp3) is 0.0323. The molecule has 1 unspecified atom stereocenters. The molecule has 0 saturated heterocycles. The molecule has 12 rings (SSSR count). The van der Waals surface area contributed by atoms with Crippen LogP contribution in [-0.2, 0) is 5.41 Å². The van der Waals surface area contributed by atoms with Crippen LogP contribution in [-0.4, -0.2) is 0 Å². The van der Waals surface area contributed by atoms with Crippen molar-refractivity contribution in [1.82, 2.24) is 0 Å². The molecule has 1 atom stereocenters. The van der Waals surface area contributed by atoms with Crippen molar-refractivity contribution in [2.24, 2.45) is 0 Å². The summed E-state index contributed by atoms with van der Waals surface area (Å²) in [6.45, 7) is 2.39. The van der Waals surface area contributed by atoms with Crippen LogP contribution in [0.25, 0.3) is 76.8 Å². The first-order chi connectivity index (χ1) is 31.1. The van der Waals surface area contributed by atoms with Crippen LogP contribution in [0.4, 0.5) is 17.1 Å². The van der Waals surface area contributed by atoms with E-state index in [-0.39, 0.29) is 5.41 Å². The third-order valence-electron chi connectivity index (χ3n) is 13.5. The van der Waals surface area contributed by atoms with Crippen molar-refractivity contribution in [2.45, 2.75) is 12.3 Å². The molecule has 0 fully saturated rings. The van der Waals surface area contributed by atoms with Crippen LogP contribution in [0, 0.1) is 0 Å². The van der Waals surface area contributed by atoms with E-state index in [1.54, 1.807) is 0 Å². The minimum Gasteiger partial charge on any atom is -0.310 e. The Morgan fingerprint density at radius 3 is 1.63 bits per heavy atom. The fourth-order valence-electron chi connectivity index (χ4n) is 10.3. The quantitative estimate of drug-likeness (QED) is 0.155. The predicted molar refractivity (Wildman–Crippen MR) is 267 cm³/mol. The molecule has 0 saturated carbocycles. The molecule has 0 radical (unpaired) electrons. The zero-order valence-electron chi connectivity index (χ0n) is 35.0. The third-order valence-corrected chi connectivity index (χ3v) is 13.5. The van der Waals surface area contributed by atoms with Crippen LogP contribution < -0.4 is 4.90 Å². The molecule has 1 heteroatoms. The number of hydrogen-bond donors (Lipinski definition) is 0. The zero-order chi connectivity index (χ0) is 41.9. The SMILES string of the molecule is CC1(c2ccccc2)c2ccccc2-c2c(-c3ccc4cc(N(c5ccc(-c6ccc7ccccc7c6)cc5)c5ccc(-c6cccc7ccccc67)cc5)ccc4c3)cccc21. The Bertz CT molecular complexity index is 3510. The Morgan fingerprint density at radius 1 is 0.302 bits per heavy atom. The molecule has 11 aromatic rings. The van der Waals surface area contributed by atoms with Gasteiger partial charge in [-0.05, 0) is 149 Å². The number of hydrogen-bond acceptors (Lipinski definition) is 1. The van der Waals surface area contributed by atoms with Gasteiger partial charge in [-0.3, -0.25) is 0 Å². The van der Waals surface area contributed by atoms with E-state index in [0.717, 1.165) is 17.1 Å². The molecule has 1 nitrogen and oxygen atoms in total. The second-order valence-corrected chi connectivity index (χ2v) is 17.0. The molecule has 1 aliphatic carbocycles. The van der Waals surface area contributed by atoms with Gasteiger partial charge in [0.1, 0.15) is 0 Å². The summed E-state index contributed by atoms with van der Waals surface area (Å²) < 4.78 is 0. The van der Waals surface area contributed by atoms with Gasteiger partial charge >= 0.3 is 0 Å². The second-order valence-electron chi connectivity index (χ2n) is 17.0. The minimum absolute atomic E-state index is 0.237. The third kappa shape index (κ3) is 6.16. The number of rotatable bonds is 7. The molecule has 0 aliphatic heterocycles. The van der Waals surface area contributed by atoms with Crippen molar-refractivity contribution >= 4 is 49.4 Å². The average Bonchev–Trinajstić information content (AvgIpc) is 3.63. The Balaban J connectivity index is 0.946. The monoisotopic (exact) mass is 801 g/mol. The molecule has 296 valence electrons. The lowest BCUT2D eigenvalue weighted by molar-refractivity contribution is 0.714. The Labute approximate surface area is 368 Å². The number of fused-ring (bicyclic) bond motifs is 6. The van der Waals surface area contributed by atoms with Gasteiger partial charge in [0.25, 0.3) is 0 Å². The first-order valence-corrected chi connectivity index (χ1v) is 21.9. The highest BCUT2D eigenvalue weighted by molar-refractivity contribution is 5.99. The van der Waals surface area contributed by atoms with Gasteiger partial charge in [-0.1, -0.05) is 194 Å². The largest absolute Gasteiger partial charge is 0.310 e. The van der Waals surface area contributed by atoms with Gasteiger partial charge in [-0.25, -0.2) is 0 Å². The first kappa shape index (κ1) is 36.8. The lowest BCUT2D eigenvalue weighted by Crippen LogP contribution is -2.22.